The van der Waals surface area contributed by atoms with Crippen molar-refractivity contribution in [3.63, 3.8) is 0 Å². The van der Waals surface area contributed by atoms with Gasteiger partial charge in [0.25, 0.3) is 0 Å². The number of nitrogens with two attached hydrogens (primary N) is 1. The molecule has 0 aromatic heterocycles. The van der Waals surface area contributed by atoms with E-state index in [1.165, 1.54) is 30.3 Å². The van der Waals surface area contributed by atoms with E-state index in [-0.39, 0.29) is 15.7 Å². The fraction of sp³-hybridized carbons (Fsp3) is 0.143. The molecule has 106 valence electrons. The summed E-state index contributed by atoms with van der Waals surface area (Å²) < 4.78 is 38.0. The van der Waals surface area contributed by atoms with E-state index in [0.717, 1.165) is 0 Å². The minimum absolute atomic E-state index is 0.0390. The van der Waals surface area contributed by atoms with E-state index in [9.17, 15) is 12.8 Å². The average Bonchev–Trinajstić information content (AvgIpc) is 2.36. The number of rotatable bonds is 3. The van der Waals surface area contributed by atoms with Crippen molar-refractivity contribution in [2.24, 2.45) is 0 Å². The average molecular weight is 314 g/mol. The number of halogens is 2. The fourth-order valence-electron chi connectivity index (χ4n) is 1.84. The molecule has 0 spiro atoms. The molecule has 0 aliphatic heterocycles. The number of hydrogen-bond acceptors (Lipinski definition) is 3. The van der Waals surface area contributed by atoms with Crippen molar-refractivity contribution in [3.8, 4) is 0 Å². The highest BCUT2D eigenvalue weighted by Crippen LogP contribution is 2.27. The smallest absolute Gasteiger partial charge is 0.184 e. The Morgan fingerprint density at radius 1 is 1.20 bits per heavy atom. The quantitative estimate of drug-likeness (QED) is 0.884. The second-order valence-electron chi connectivity index (χ2n) is 4.52. The predicted octanol–water partition coefficient (Wildman–Crippen LogP) is 3.34. The van der Waals surface area contributed by atoms with Crippen molar-refractivity contribution < 1.29 is 12.8 Å². The molecule has 0 amide bonds. The van der Waals surface area contributed by atoms with Gasteiger partial charge in [0.15, 0.2) is 9.84 Å². The fourth-order valence-corrected chi connectivity index (χ4v) is 3.86. The summed E-state index contributed by atoms with van der Waals surface area (Å²) in [6.07, 6.45) is 0. The summed E-state index contributed by atoms with van der Waals surface area (Å²) in [6, 6.07) is 8.32. The molecule has 0 saturated carbocycles. The first-order valence-electron chi connectivity index (χ1n) is 5.82. The molecule has 0 aliphatic rings. The molecule has 2 N–H and O–H groups in total. The first-order valence-corrected chi connectivity index (χ1v) is 7.85. The van der Waals surface area contributed by atoms with Gasteiger partial charge in [0, 0.05) is 5.69 Å². The number of anilines is 1. The Kier molecular flexibility index (Phi) is 4.01. The van der Waals surface area contributed by atoms with E-state index in [4.69, 9.17) is 17.3 Å². The molecule has 0 radical (unpaired) electrons. The van der Waals surface area contributed by atoms with Crippen LogP contribution >= 0.6 is 11.6 Å². The van der Waals surface area contributed by atoms with Crippen LogP contribution in [0.4, 0.5) is 10.1 Å². The molecule has 0 saturated heterocycles. The normalized spacial score (nSPS) is 11.6. The van der Waals surface area contributed by atoms with Gasteiger partial charge in [-0.3, -0.25) is 0 Å². The zero-order valence-corrected chi connectivity index (χ0v) is 12.3. The summed E-state index contributed by atoms with van der Waals surface area (Å²) in [7, 11) is -3.68. The third kappa shape index (κ3) is 3.11. The largest absolute Gasteiger partial charge is 0.399 e. The van der Waals surface area contributed by atoms with Crippen LogP contribution in [0.3, 0.4) is 0 Å². The van der Waals surface area contributed by atoms with E-state index in [1.54, 1.807) is 13.0 Å². The molecule has 3 nitrogen and oxygen atoms in total. The van der Waals surface area contributed by atoms with Crippen LogP contribution in [0.5, 0.6) is 0 Å². The summed E-state index contributed by atoms with van der Waals surface area (Å²) in [4.78, 5) is -0.0390. The van der Waals surface area contributed by atoms with Gasteiger partial charge < -0.3 is 5.73 Å². The van der Waals surface area contributed by atoms with Gasteiger partial charge >= 0.3 is 0 Å². The molecule has 0 aliphatic carbocycles. The van der Waals surface area contributed by atoms with E-state index in [2.05, 4.69) is 0 Å². The van der Waals surface area contributed by atoms with Gasteiger partial charge in [0.1, 0.15) is 5.82 Å². The minimum atomic E-state index is -3.68. The lowest BCUT2D eigenvalue weighted by Gasteiger charge is -2.09. The van der Waals surface area contributed by atoms with Gasteiger partial charge in [-0.2, -0.15) is 0 Å². The number of sulfone groups is 1. The molecular formula is C14H13ClFNO2S. The molecule has 2 aromatic rings. The van der Waals surface area contributed by atoms with Gasteiger partial charge in [0.05, 0.1) is 15.7 Å². The highest BCUT2D eigenvalue weighted by molar-refractivity contribution is 7.90. The molecule has 20 heavy (non-hydrogen) atoms. The van der Waals surface area contributed by atoms with Gasteiger partial charge in [-0.05, 0) is 48.4 Å². The van der Waals surface area contributed by atoms with Crippen molar-refractivity contribution in [2.45, 2.75) is 17.6 Å². The second-order valence-corrected chi connectivity index (χ2v) is 6.88. The first kappa shape index (κ1) is 14.8. The minimum Gasteiger partial charge on any atom is -0.399 e. The Morgan fingerprint density at radius 3 is 2.60 bits per heavy atom. The molecular weight excluding hydrogens is 301 g/mol. The lowest BCUT2D eigenvalue weighted by atomic mass is 10.1. The summed E-state index contributed by atoms with van der Waals surface area (Å²) in [5, 5.41) is 0.105. The molecule has 0 bridgehead atoms. The number of hydrogen-bond donors (Lipinski definition) is 1. The standard InChI is InChI=1S/C14H13ClFNO2S/c1-9-2-3-11(16)6-10(9)8-20(18,19)14-7-12(17)4-5-13(14)15/h2-7H,8,17H2,1H3. The van der Waals surface area contributed by atoms with Crippen molar-refractivity contribution >= 4 is 27.1 Å². The van der Waals surface area contributed by atoms with Crippen LogP contribution in [-0.4, -0.2) is 8.42 Å². The Balaban J connectivity index is 2.46. The maximum atomic E-state index is 13.2. The summed E-state index contributed by atoms with van der Waals surface area (Å²) in [6.45, 7) is 1.73. The van der Waals surface area contributed by atoms with Gasteiger partial charge in [0.2, 0.25) is 0 Å². The summed E-state index contributed by atoms with van der Waals surface area (Å²) in [5.41, 5.74) is 7.01. The number of aryl methyl sites for hydroxylation is 1. The Hall–Kier alpha value is -1.59. The second kappa shape index (κ2) is 5.42. The van der Waals surface area contributed by atoms with Gasteiger partial charge in [-0.25, -0.2) is 12.8 Å². The highest BCUT2D eigenvalue weighted by atomic mass is 35.5. The topological polar surface area (TPSA) is 60.2 Å². The maximum absolute atomic E-state index is 13.2. The predicted molar refractivity (Wildman–Crippen MR) is 77.9 cm³/mol. The molecule has 2 rings (SSSR count). The molecule has 0 unspecified atom stereocenters. The van der Waals surface area contributed by atoms with Crippen molar-refractivity contribution in [2.75, 3.05) is 5.73 Å². The SMILES string of the molecule is Cc1ccc(F)cc1CS(=O)(=O)c1cc(N)ccc1Cl. The van der Waals surface area contributed by atoms with E-state index in [0.29, 0.717) is 16.8 Å². The van der Waals surface area contributed by atoms with Gasteiger partial charge in [-0.1, -0.05) is 17.7 Å². The van der Waals surface area contributed by atoms with E-state index < -0.39 is 15.7 Å². The Labute approximate surface area is 122 Å². The zero-order valence-electron chi connectivity index (χ0n) is 10.7. The van der Waals surface area contributed by atoms with Crippen LogP contribution in [0.2, 0.25) is 5.02 Å². The molecule has 0 heterocycles. The molecule has 6 heteroatoms. The van der Waals surface area contributed by atoms with Crippen LogP contribution in [-0.2, 0) is 15.6 Å². The van der Waals surface area contributed by atoms with Crippen LogP contribution in [0.15, 0.2) is 41.3 Å². The molecule has 2 aromatic carbocycles. The Morgan fingerprint density at radius 2 is 1.90 bits per heavy atom. The molecule has 0 fully saturated rings. The van der Waals surface area contributed by atoms with E-state index in [1.807, 2.05) is 0 Å². The highest BCUT2D eigenvalue weighted by Gasteiger charge is 2.20. The van der Waals surface area contributed by atoms with Crippen LogP contribution < -0.4 is 5.73 Å². The first-order chi connectivity index (χ1) is 9.29. The van der Waals surface area contributed by atoms with Crippen LogP contribution in [0, 0.1) is 12.7 Å². The lowest BCUT2D eigenvalue weighted by molar-refractivity contribution is 0.594. The third-order valence-corrected chi connectivity index (χ3v) is 5.09. The summed E-state index contributed by atoms with van der Waals surface area (Å²) >= 11 is 5.91. The number of nitrogen functional groups attached to an aromatic ring is 1. The van der Waals surface area contributed by atoms with Crippen LogP contribution in [0.1, 0.15) is 11.1 Å². The zero-order chi connectivity index (χ0) is 14.9. The monoisotopic (exact) mass is 313 g/mol. The van der Waals surface area contributed by atoms with Crippen molar-refractivity contribution in [3.05, 3.63) is 58.4 Å². The van der Waals surface area contributed by atoms with E-state index >= 15 is 0 Å². The Bertz CT molecular complexity index is 760. The third-order valence-electron chi connectivity index (χ3n) is 2.95. The lowest BCUT2D eigenvalue weighted by Crippen LogP contribution is -2.08. The van der Waals surface area contributed by atoms with Crippen LogP contribution in [0.25, 0.3) is 0 Å². The molecule has 0 atom stereocenters. The number of benzene rings is 2. The van der Waals surface area contributed by atoms with Gasteiger partial charge in [-0.15, -0.1) is 0 Å². The maximum Gasteiger partial charge on any atom is 0.184 e. The van der Waals surface area contributed by atoms with Crippen molar-refractivity contribution in [1.82, 2.24) is 0 Å². The summed E-state index contributed by atoms with van der Waals surface area (Å²) in [5.74, 6) is -0.792. The van der Waals surface area contributed by atoms with Crippen molar-refractivity contribution in [1.29, 1.82) is 0 Å².